The van der Waals surface area contributed by atoms with Crippen LogP contribution in [0.2, 0.25) is 0 Å². The van der Waals surface area contributed by atoms with E-state index in [1.54, 1.807) is 0 Å². The summed E-state index contributed by atoms with van der Waals surface area (Å²) in [5, 5.41) is 0. The molecule has 70 valence electrons. The molecule has 0 bridgehead atoms. The molecule has 0 saturated heterocycles. The summed E-state index contributed by atoms with van der Waals surface area (Å²) in [6.45, 7) is 4.31. The van der Waals surface area contributed by atoms with Crippen LogP contribution in [0.25, 0.3) is 0 Å². The molecule has 1 aliphatic rings. The first-order valence-electron chi connectivity index (χ1n) is 5.05. The maximum absolute atomic E-state index is 5.85. The molecule has 0 atom stereocenters. The molecule has 0 radical (unpaired) electrons. The molecular weight excluding hydrogens is 158 g/mol. The summed E-state index contributed by atoms with van der Waals surface area (Å²) in [5.74, 6) is 0.819. The van der Waals surface area contributed by atoms with E-state index < -0.39 is 0 Å². The predicted molar refractivity (Wildman–Crippen MR) is 56.9 cm³/mol. The normalized spacial score (nSPS) is 17.1. The maximum Gasteiger partial charge on any atom is 0.0346 e. The number of anilines is 1. The first kappa shape index (κ1) is 8.61. The average Bonchev–Trinajstić information content (AvgIpc) is 2.03. The summed E-state index contributed by atoms with van der Waals surface area (Å²) >= 11 is 0. The van der Waals surface area contributed by atoms with Crippen LogP contribution in [0.5, 0.6) is 0 Å². The van der Waals surface area contributed by atoms with Gasteiger partial charge in [-0.3, -0.25) is 0 Å². The molecule has 0 spiro atoms. The van der Waals surface area contributed by atoms with Gasteiger partial charge in [0.05, 0.1) is 0 Å². The fourth-order valence-electron chi connectivity index (χ4n) is 2.02. The maximum atomic E-state index is 5.85. The van der Waals surface area contributed by atoms with Gasteiger partial charge in [-0.05, 0) is 55.4 Å². The lowest BCUT2D eigenvalue weighted by atomic mass is 9.77. The van der Waals surface area contributed by atoms with Crippen LogP contribution >= 0.6 is 0 Å². The molecule has 0 unspecified atom stereocenters. The fraction of sp³-hybridized carbons (Fsp3) is 0.500. The molecule has 1 saturated carbocycles. The summed E-state index contributed by atoms with van der Waals surface area (Å²) in [4.78, 5) is 0. The van der Waals surface area contributed by atoms with Crippen LogP contribution in [-0.2, 0) is 0 Å². The van der Waals surface area contributed by atoms with Crippen molar-refractivity contribution >= 4 is 5.69 Å². The minimum absolute atomic E-state index is 0.819. The van der Waals surface area contributed by atoms with E-state index in [9.17, 15) is 0 Å². The highest BCUT2D eigenvalue weighted by atomic mass is 14.6. The van der Waals surface area contributed by atoms with Gasteiger partial charge in [-0.15, -0.1) is 0 Å². The molecule has 0 amide bonds. The van der Waals surface area contributed by atoms with E-state index in [1.807, 2.05) is 0 Å². The smallest absolute Gasteiger partial charge is 0.0346 e. The zero-order valence-corrected chi connectivity index (χ0v) is 8.43. The van der Waals surface area contributed by atoms with Crippen molar-refractivity contribution in [2.75, 3.05) is 5.73 Å². The van der Waals surface area contributed by atoms with Gasteiger partial charge < -0.3 is 5.73 Å². The molecule has 1 nitrogen and oxygen atoms in total. The second-order valence-electron chi connectivity index (χ2n) is 4.12. The Morgan fingerprint density at radius 2 is 1.85 bits per heavy atom. The summed E-state index contributed by atoms with van der Waals surface area (Å²) in [7, 11) is 0. The largest absolute Gasteiger partial charge is 0.399 e. The minimum Gasteiger partial charge on any atom is -0.399 e. The van der Waals surface area contributed by atoms with Crippen LogP contribution < -0.4 is 5.73 Å². The van der Waals surface area contributed by atoms with Gasteiger partial charge in [-0.25, -0.2) is 0 Å². The molecule has 1 aliphatic carbocycles. The van der Waals surface area contributed by atoms with E-state index in [-0.39, 0.29) is 0 Å². The number of nitrogen functional groups attached to an aromatic ring is 1. The molecule has 0 heterocycles. The number of benzene rings is 1. The van der Waals surface area contributed by atoms with Crippen LogP contribution in [-0.4, -0.2) is 0 Å². The third-order valence-corrected chi connectivity index (χ3v) is 3.42. The minimum atomic E-state index is 0.819. The van der Waals surface area contributed by atoms with Crippen LogP contribution in [0.4, 0.5) is 5.69 Å². The standard InChI is InChI=1S/C12H17N/c1-8-9(2)12(13)7-6-11(8)10-4-3-5-10/h6-7,10H,3-5,13H2,1-2H3. The van der Waals surface area contributed by atoms with Gasteiger partial charge in [0.1, 0.15) is 0 Å². The van der Waals surface area contributed by atoms with Crippen LogP contribution in [0, 0.1) is 13.8 Å². The lowest BCUT2D eigenvalue weighted by Crippen LogP contribution is -2.11. The van der Waals surface area contributed by atoms with Crippen molar-refractivity contribution in [1.29, 1.82) is 0 Å². The third kappa shape index (κ3) is 1.32. The van der Waals surface area contributed by atoms with Gasteiger partial charge in [0.2, 0.25) is 0 Å². The number of nitrogens with two attached hydrogens (primary N) is 1. The van der Waals surface area contributed by atoms with Gasteiger partial charge in [0.25, 0.3) is 0 Å². The highest BCUT2D eigenvalue weighted by Crippen LogP contribution is 2.39. The van der Waals surface area contributed by atoms with Crippen molar-refractivity contribution in [2.24, 2.45) is 0 Å². The van der Waals surface area contributed by atoms with Crippen molar-refractivity contribution in [1.82, 2.24) is 0 Å². The number of hydrogen-bond acceptors (Lipinski definition) is 1. The monoisotopic (exact) mass is 175 g/mol. The van der Waals surface area contributed by atoms with Crippen LogP contribution in [0.1, 0.15) is 41.9 Å². The fourth-order valence-corrected chi connectivity index (χ4v) is 2.02. The number of hydrogen-bond donors (Lipinski definition) is 1. The number of rotatable bonds is 1. The third-order valence-electron chi connectivity index (χ3n) is 3.42. The Labute approximate surface area is 80.0 Å². The van der Waals surface area contributed by atoms with E-state index in [2.05, 4.69) is 26.0 Å². The van der Waals surface area contributed by atoms with Gasteiger partial charge in [0, 0.05) is 5.69 Å². The topological polar surface area (TPSA) is 26.0 Å². The zero-order valence-electron chi connectivity index (χ0n) is 8.43. The highest BCUT2D eigenvalue weighted by Gasteiger charge is 2.21. The molecule has 2 rings (SSSR count). The van der Waals surface area contributed by atoms with Crippen LogP contribution in [0.15, 0.2) is 12.1 Å². The molecule has 1 heteroatoms. The SMILES string of the molecule is Cc1c(N)ccc(C2CCC2)c1C. The Bertz CT molecular complexity index is 324. The van der Waals surface area contributed by atoms with Crippen molar-refractivity contribution in [3.05, 3.63) is 28.8 Å². The second-order valence-corrected chi connectivity index (χ2v) is 4.12. The molecule has 13 heavy (non-hydrogen) atoms. The summed E-state index contributed by atoms with van der Waals surface area (Å²) in [5.41, 5.74) is 11.0. The summed E-state index contributed by atoms with van der Waals surface area (Å²) < 4.78 is 0. The lowest BCUT2D eigenvalue weighted by Gasteiger charge is -2.28. The Balaban J connectivity index is 2.41. The predicted octanol–water partition coefficient (Wildman–Crippen LogP) is 3.15. The van der Waals surface area contributed by atoms with Crippen molar-refractivity contribution in [2.45, 2.75) is 39.0 Å². The Morgan fingerprint density at radius 3 is 2.38 bits per heavy atom. The quantitative estimate of drug-likeness (QED) is 0.652. The Hall–Kier alpha value is -0.980. The van der Waals surface area contributed by atoms with Crippen LogP contribution in [0.3, 0.4) is 0 Å². The van der Waals surface area contributed by atoms with E-state index >= 15 is 0 Å². The van der Waals surface area contributed by atoms with Crippen molar-refractivity contribution in [3.8, 4) is 0 Å². The molecule has 0 aliphatic heterocycles. The summed E-state index contributed by atoms with van der Waals surface area (Å²) in [6, 6.07) is 4.26. The second kappa shape index (κ2) is 3.06. The summed E-state index contributed by atoms with van der Waals surface area (Å²) in [6.07, 6.45) is 4.13. The molecule has 2 N–H and O–H groups in total. The highest BCUT2D eigenvalue weighted by molar-refractivity contribution is 5.53. The Kier molecular flexibility index (Phi) is 2.03. The van der Waals surface area contributed by atoms with Gasteiger partial charge in [0.15, 0.2) is 0 Å². The van der Waals surface area contributed by atoms with E-state index in [4.69, 9.17) is 5.73 Å². The first-order valence-corrected chi connectivity index (χ1v) is 5.05. The molecule has 1 fully saturated rings. The van der Waals surface area contributed by atoms with Gasteiger partial charge in [-0.1, -0.05) is 12.5 Å². The van der Waals surface area contributed by atoms with Crippen molar-refractivity contribution in [3.63, 3.8) is 0 Å². The Morgan fingerprint density at radius 1 is 1.15 bits per heavy atom. The lowest BCUT2D eigenvalue weighted by molar-refractivity contribution is 0.418. The molecule has 1 aromatic rings. The average molecular weight is 175 g/mol. The van der Waals surface area contributed by atoms with Crippen molar-refractivity contribution < 1.29 is 0 Å². The molecule has 1 aromatic carbocycles. The first-order chi connectivity index (χ1) is 6.20. The van der Waals surface area contributed by atoms with Gasteiger partial charge in [-0.2, -0.15) is 0 Å². The molecular formula is C12H17N. The molecule has 0 aromatic heterocycles. The zero-order chi connectivity index (χ0) is 9.42. The van der Waals surface area contributed by atoms with E-state index in [1.165, 1.54) is 36.0 Å². The van der Waals surface area contributed by atoms with E-state index in [0.717, 1.165) is 11.6 Å². The van der Waals surface area contributed by atoms with E-state index in [0.29, 0.717) is 0 Å². The van der Waals surface area contributed by atoms with Gasteiger partial charge >= 0.3 is 0 Å².